The van der Waals surface area contributed by atoms with Crippen LogP contribution in [-0.4, -0.2) is 15.2 Å². The molecule has 0 aliphatic heterocycles. The normalized spacial score (nSPS) is 12.6. The number of hydrogen-bond acceptors (Lipinski definition) is 3. The molecular formula is C11H13FN4. The first-order valence-electron chi connectivity index (χ1n) is 5.09. The van der Waals surface area contributed by atoms with Crippen molar-refractivity contribution in [2.75, 3.05) is 0 Å². The van der Waals surface area contributed by atoms with Crippen molar-refractivity contribution in [3.05, 3.63) is 47.8 Å². The lowest BCUT2D eigenvalue weighted by molar-refractivity contribution is 0.547. The number of nitrogens with one attached hydrogen (secondary N) is 2. The van der Waals surface area contributed by atoms with Gasteiger partial charge in [-0.15, -0.1) is 0 Å². The Morgan fingerprint density at radius 3 is 2.75 bits per heavy atom. The van der Waals surface area contributed by atoms with E-state index < -0.39 is 0 Å². The van der Waals surface area contributed by atoms with Gasteiger partial charge in [-0.05, 0) is 24.6 Å². The van der Waals surface area contributed by atoms with E-state index in [9.17, 15) is 4.39 Å². The van der Waals surface area contributed by atoms with E-state index in [2.05, 4.69) is 20.5 Å². The predicted octanol–water partition coefficient (Wildman–Crippen LogP) is 1.79. The Labute approximate surface area is 92.9 Å². The van der Waals surface area contributed by atoms with Gasteiger partial charge in [0, 0.05) is 6.54 Å². The molecule has 1 aromatic heterocycles. The highest BCUT2D eigenvalue weighted by Crippen LogP contribution is 2.07. The maximum absolute atomic E-state index is 12.7. The number of H-pyrrole nitrogens is 1. The van der Waals surface area contributed by atoms with E-state index in [0.29, 0.717) is 6.54 Å². The van der Waals surface area contributed by atoms with Gasteiger partial charge in [-0.3, -0.25) is 5.10 Å². The number of hydrogen-bond donors (Lipinski definition) is 2. The molecule has 0 radical (unpaired) electrons. The highest BCUT2D eigenvalue weighted by molar-refractivity contribution is 5.15. The molecule has 2 N–H and O–H groups in total. The van der Waals surface area contributed by atoms with E-state index in [1.54, 1.807) is 12.1 Å². The second-order valence-electron chi connectivity index (χ2n) is 3.60. The van der Waals surface area contributed by atoms with Crippen molar-refractivity contribution in [1.82, 2.24) is 20.5 Å². The van der Waals surface area contributed by atoms with Gasteiger partial charge in [0.05, 0.1) is 6.04 Å². The quantitative estimate of drug-likeness (QED) is 0.826. The van der Waals surface area contributed by atoms with Gasteiger partial charge in [0.1, 0.15) is 18.0 Å². The first-order chi connectivity index (χ1) is 7.75. The summed E-state index contributed by atoms with van der Waals surface area (Å²) in [6, 6.07) is 6.52. The van der Waals surface area contributed by atoms with Gasteiger partial charge >= 0.3 is 0 Å². The molecule has 1 aromatic carbocycles. The van der Waals surface area contributed by atoms with Crippen LogP contribution in [0.25, 0.3) is 0 Å². The monoisotopic (exact) mass is 220 g/mol. The molecule has 1 heterocycles. The number of aromatic nitrogens is 3. The molecule has 0 fully saturated rings. The molecule has 1 atom stereocenters. The maximum atomic E-state index is 12.7. The highest BCUT2D eigenvalue weighted by Gasteiger charge is 2.06. The van der Waals surface area contributed by atoms with Crippen LogP contribution in [0.15, 0.2) is 30.6 Å². The summed E-state index contributed by atoms with van der Waals surface area (Å²) < 4.78 is 12.7. The van der Waals surface area contributed by atoms with E-state index in [-0.39, 0.29) is 11.9 Å². The van der Waals surface area contributed by atoms with Crippen LogP contribution in [0.1, 0.15) is 24.4 Å². The van der Waals surface area contributed by atoms with Crippen molar-refractivity contribution >= 4 is 0 Å². The summed E-state index contributed by atoms with van der Waals surface area (Å²) in [6.45, 7) is 2.66. The Balaban J connectivity index is 1.90. The van der Waals surface area contributed by atoms with Crippen LogP contribution < -0.4 is 5.32 Å². The third-order valence-corrected chi connectivity index (χ3v) is 2.37. The summed E-state index contributed by atoms with van der Waals surface area (Å²) in [6.07, 6.45) is 1.48. The number of rotatable bonds is 4. The van der Waals surface area contributed by atoms with Gasteiger partial charge in [-0.1, -0.05) is 12.1 Å². The fourth-order valence-electron chi connectivity index (χ4n) is 1.39. The van der Waals surface area contributed by atoms with E-state index in [4.69, 9.17) is 0 Å². The zero-order chi connectivity index (χ0) is 11.4. The van der Waals surface area contributed by atoms with Gasteiger partial charge in [0.25, 0.3) is 0 Å². The summed E-state index contributed by atoms with van der Waals surface area (Å²) in [5.41, 5.74) is 1.03. The number of halogens is 1. The third-order valence-electron chi connectivity index (χ3n) is 2.37. The molecule has 5 heteroatoms. The van der Waals surface area contributed by atoms with Crippen molar-refractivity contribution in [1.29, 1.82) is 0 Å². The molecule has 2 rings (SSSR count). The van der Waals surface area contributed by atoms with Crippen LogP contribution in [0, 0.1) is 5.82 Å². The summed E-state index contributed by atoms with van der Waals surface area (Å²) in [4.78, 5) is 4.05. The summed E-state index contributed by atoms with van der Waals surface area (Å²) >= 11 is 0. The average molecular weight is 220 g/mol. The topological polar surface area (TPSA) is 53.6 Å². The first-order valence-corrected chi connectivity index (χ1v) is 5.09. The van der Waals surface area contributed by atoms with Crippen molar-refractivity contribution in [3.8, 4) is 0 Å². The summed E-state index contributed by atoms with van der Waals surface area (Å²) in [5.74, 6) is 0.578. The van der Waals surface area contributed by atoms with Crippen molar-refractivity contribution in [2.24, 2.45) is 0 Å². The molecule has 4 nitrogen and oxygen atoms in total. The van der Waals surface area contributed by atoms with E-state index in [0.717, 1.165) is 11.4 Å². The zero-order valence-electron chi connectivity index (χ0n) is 8.94. The van der Waals surface area contributed by atoms with E-state index >= 15 is 0 Å². The van der Waals surface area contributed by atoms with E-state index in [1.165, 1.54) is 18.5 Å². The van der Waals surface area contributed by atoms with Gasteiger partial charge in [0.15, 0.2) is 0 Å². The number of aromatic amines is 1. The molecule has 1 unspecified atom stereocenters. The SMILES string of the molecule is CC(NCc1ccc(F)cc1)c1ncn[nH]1. The Kier molecular flexibility index (Phi) is 3.26. The lowest BCUT2D eigenvalue weighted by Crippen LogP contribution is -2.19. The van der Waals surface area contributed by atoms with Gasteiger partial charge in [-0.25, -0.2) is 9.37 Å². The Morgan fingerprint density at radius 1 is 1.38 bits per heavy atom. The first kappa shape index (κ1) is 10.8. The lowest BCUT2D eigenvalue weighted by atomic mass is 10.2. The van der Waals surface area contributed by atoms with Gasteiger partial charge in [0.2, 0.25) is 0 Å². The predicted molar refractivity (Wildman–Crippen MR) is 58.0 cm³/mol. The average Bonchev–Trinajstić information content (AvgIpc) is 2.81. The Morgan fingerprint density at radius 2 is 2.12 bits per heavy atom. The molecule has 0 aliphatic rings. The number of benzene rings is 1. The molecule has 0 saturated heterocycles. The Hall–Kier alpha value is -1.75. The number of nitrogens with zero attached hydrogens (tertiary/aromatic N) is 2. The zero-order valence-corrected chi connectivity index (χ0v) is 8.94. The smallest absolute Gasteiger partial charge is 0.141 e. The molecule has 0 saturated carbocycles. The lowest BCUT2D eigenvalue weighted by Gasteiger charge is -2.10. The van der Waals surface area contributed by atoms with Crippen LogP contribution in [0.5, 0.6) is 0 Å². The highest BCUT2D eigenvalue weighted by atomic mass is 19.1. The molecule has 16 heavy (non-hydrogen) atoms. The van der Waals surface area contributed by atoms with Gasteiger partial charge in [-0.2, -0.15) is 5.10 Å². The molecule has 0 spiro atoms. The Bertz CT molecular complexity index is 424. The fraction of sp³-hybridized carbons (Fsp3) is 0.273. The minimum absolute atomic E-state index is 0.0903. The second-order valence-corrected chi connectivity index (χ2v) is 3.60. The van der Waals surface area contributed by atoms with Crippen LogP contribution in [0.2, 0.25) is 0 Å². The molecular weight excluding hydrogens is 207 g/mol. The van der Waals surface area contributed by atoms with Crippen LogP contribution in [0.4, 0.5) is 4.39 Å². The van der Waals surface area contributed by atoms with Crippen LogP contribution in [-0.2, 0) is 6.54 Å². The molecule has 2 aromatic rings. The van der Waals surface area contributed by atoms with Gasteiger partial charge < -0.3 is 5.32 Å². The largest absolute Gasteiger partial charge is 0.303 e. The van der Waals surface area contributed by atoms with Crippen molar-refractivity contribution < 1.29 is 4.39 Å². The van der Waals surface area contributed by atoms with E-state index in [1.807, 2.05) is 6.92 Å². The van der Waals surface area contributed by atoms with Crippen molar-refractivity contribution in [3.63, 3.8) is 0 Å². The maximum Gasteiger partial charge on any atom is 0.141 e. The minimum atomic E-state index is -0.216. The third kappa shape index (κ3) is 2.64. The summed E-state index contributed by atoms with van der Waals surface area (Å²) in [5, 5.41) is 9.85. The minimum Gasteiger partial charge on any atom is -0.303 e. The fourth-order valence-corrected chi connectivity index (χ4v) is 1.39. The molecule has 0 amide bonds. The molecule has 0 bridgehead atoms. The molecule has 0 aliphatic carbocycles. The van der Waals surface area contributed by atoms with Crippen LogP contribution in [0.3, 0.4) is 0 Å². The van der Waals surface area contributed by atoms with Crippen LogP contribution >= 0.6 is 0 Å². The molecule has 84 valence electrons. The summed E-state index contributed by atoms with van der Waals surface area (Å²) in [7, 11) is 0. The van der Waals surface area contributed by atoms with Crippen molar-refractivity contribution in [2.45, 2.75) is 19.5 Å². The standard InChI is InChI=1S/C11H13FN4/c1-8(11-14-7-15-16-11)13-6-9-2-4-10(12)5-3-9/h2-5,7-8,13H,6H2,1H3,(H,14,15,16). The second kappa shape index (κ2) is 4.85.